The smallest absolute Gasteiger partial charge is 0.269 e. The number of hydrogen-bond donors (Lipinski definition) is 2. The van der Waals surface area contributed by atoms with E-state index >= 15 is 0 Å². The van der Waals surface area contributed by atoms with Gasteiger partial charge < -0.3 is 9.47 Å². The number of benzene rings is 2. The van der Waals surface area contributed by atoms with Gasteiger partial charge in [-0.25, -0.2) is 0 Å². The zero-order valence-corrected chi connectivity index (χ0v) is 14.9. The van der Waals surface area contributed by atoms with E-state index in [-0.39, 0.29) is 0 Å². The van der Waals surface area contributed by atoms with E-state index in [9.17, 15) is 9.59 Å². The minimum atomic E-state index is -0.498. The highest BCUT2D eigenvalue weighted by Gasteiger charge is 2.15. The fraction of sp³-hybridized carbons (Fsp3) is 0.111. The molecule has 0 spiro atoms. The van der Waals surface area contributed by atoms with E-state index < -0.39 is 11.8 Å². The summed E-state index contributed by atoms with van der Waals surface area (Å²) in [6, 6.07) is 9.76. The Hall–Kier alpha value is -2.70. The predicted molar refractivity (Wildman–Crippen MR) is 98.5 cm³/mol. The minimum absolute atomic E-state index is 0.336. The van der Waals surface area contributed by atoms with Gasteiger partial charge in [-0.15, -0.1) is 0 Å². The molecule has 2 aromatic rings. The van der Waals surface area contributed by atoms with Crippen LogP contribution in [0.3, 0.4) is 0 Å². The van der Waals surface area contributed by atoms with Gasteiger partial charge in [0.05, 0.1) is 10.0 Å². The van der Waals surface area contributed by atoms with Gasteiger partial charge in [-0.3, -0.25) is 20.4 Å². The Labute approximate surface area is 159 Å². The van der Waals surface area contributed by atoms with Crippen LogP contribution in [-0.4, -0.2) is 25.0 Å². The number of halogens is 2. The van der Waals surface area contributed by atoms with Crippen molar-refractivity contribution >= 4 is 41.1 Å². The Morgan fingerprint density at radius 1 is 0.923 bits per heavy atom. The highest BCUT2D eigenvalue weighted by Crippen LogP contribution is 2.30. The number of nitrogens with one attached hydrogen (secondary N) is 2. The fourth-order valence-electron chi connectivity index (χ4n) is 2.20. The van der Waals surface area contributed by atoms with E-state index in [1.165, 1.54) is 6.08 Å². The quantitative estimate of drug-likeness (QED) is 0.620. The molecule has 0 aromatic heterocycles. The molecule has 26 heavy (non-hydrogen) atoms. The molecule has 1 heterocycles. The van der Waals surface area contributed by atoms with E-state index in [2.05, 4.69) is 10.9 Å². The molecule has 0 unspecified atom stereocenters. The average molecular weight is 393 g/mol. The van der Waals surface area contributed by atoms with Crippen molar-refractivity contribution in [2.45, 2.75) is 0 Å². The van der Waals surface area contributed by atoms with Crippen molar-refractivity contribution in [1.29, 1.82) is 0 Å². The molecule has 0 saturated carbocycles. The average Bonchev–Trinajstić information content (AvgIpc) is 2.66. The zero-order valence-electron chi connectivity index (χ0n) is 13.4. The largest absolute Gasteiger partial charge is 0.486 e. The summed E-state index contributed by atoms with van der Waals surface area (Å²) < 4.78 is 10.8. The third-order valence-electron chi connectivity index (χ3n) is 3.47. The number of fused-ring (bicyclic) bond motifs is 1. The Kier molecular flexibility index (Phi) is 5.65. The molecule has 2 N–H and O–H groups in total. The molecule has 0 aliphatic carbocycles. The van der Waals surface area contributed by atoms with Crippen molar-refractivity contribution in [1.82, 2.24) is 10.9 Å². The maximum Gasteiger partial charge on any atom is 0.269 e. The van der Waals surface area contributed by atoms with Crippen LogP contribution in [0.1, 0.15) is 15.9 Å². The van der Waals surface area contributed by atoms with Gasteiger partial charge in [0.2, 0.25) is 0 Å². The highest BCUT2D eigenvalue weighted by molar-refractivity contribution is 6.42. The van der Waals surface area contributed by atoms with E-state index in [1.807, 2.05) is 0 Å². The number of hydrazine groups is 1. The Morgan fingerprint density at radius 3 is 2.46 bits per heavy atom. The van der Waals surface area contributed by atoms with E-state index in [0.29, 0.717) is 45.9 Å². The molecule has 1 aliphatic rings. The topological polar surface area (TPSA) is 76.7 Å². The summed E-state index contributed by atoms with van der Waals surface area (Å²) >= 11 is 11.7. The summed E-state index contributed by atoms with van der Waals surface area (Å²) in [6.07, 6.45) is 2.82. The fourth-order valence-corrected chi connectivity index (χ4v) is 2.51. The number of ether oxygens (including phenoxy) is 2. The highest BCUT2D eigenvalue weighted by atomic mass is 35.5. The van der Waals surface area contributed by atoms with Gasteiger partial charge in [-0.05, 0) is 42.0 Å². The zero-order chi connectivity index (χ0) is 18.5. The molecule has 1 aliphatic heterocycles. The second-order valence-electron chi connectivity index (χ2n) is 5.31. The number of carbonyl (C=O) groups excluding carboxylic acids is 2. The van der Waals surface area contributed by atoms with Crippen LogP contribution in [0.5, 0.6) is 11.5 Å². The first-order valence-electron chi connectivity index (χ1n) is 7.66. The van der Waals surface area contributed by atoms with Gasteiger partial charge >= 0.3 is 0 Å². The number of carbonyl (C=O) groups is 2. The minimum Gasteiger partial charge on any atom is -0.486 e. The SMILES string of the molecule is O=C(/C=C/c1ccc(Cl)c(Cl)c1)NNC(=O)c1ccc2c(c1)OCCO2. The summed E-state index contributed by atoms with van der Waals surface area (Å²) in [5.74, 6) is 0.108. The number of amides is 2. The molecule has 2 amide bonds. The summed E-state index contributed by atoms with van der Waals surface area (Å²) in [5, 5.41) is 0.820. The van der Waals surface area contributed by atoms with Crippen molar-refractivity contribution in [3.05, 3.63) is 63.6 Å². The van der Waals surface area contributed by atoms with Crippen LogP contribution >= 0.6 is 23.2 Å². The first-order chi connectivity index (χ1) is 12.5. The van der Waals surface area contributed by atoms with Gasteiger partial charge in [-0.1, -0.05) is 29.3 Å². The monoisotopic (exact) mass is 392 g/mol. The van der Waals surface area contributed by atoms with Gasteiger partial charge in [-0.2, -0.15) is 0 Å². The van der Waals surface area contributed by atoms with Crippen LogP contribution in [0.25, 0.3) is 6.08 Å². The third-order valence-corrected chi connectivity index (χ3v) is 4.21. The molecule has 0 radical (unpaired) electrons. The molecular weight excluding hydrogens is 379 g/mol. The lowest BCUT2D eigenvalue weighted by Gasteiger charge is -2.18. The summed E-state index contributed by atoms with van der Waals surface area (Å²) in [6.45, 7) is 0.897. The van der Waals surface area contributed by atoms with Gasteiger partial charge in [0, 0.05) is 11.6 Å². The second-order valence-corrected chi connectivity index (χ2v) is 6.12. The molecular formula is C18H14Cl2N2O4. The summed E-state index contributed by atoms with van der Waals surface area (Å²) in [7, 11) is 0. The van der Waals surface area contributed by atoms with Crippen LogP contribution in [0.2, 0.25) is 10.0 Å². The molecule has 0 fully saturated rings. The van der Waals surface area contributed by atoms with Crippen molar-refractivity contribution in [3.63, 3.8) is 0 Å². The molecule has 3 rings (SSSR count). The molecule has 0 bridgehead atoms. The van der Waals surface area contributed by atoms with E-state index in [0.717, 1.165) is 0 Å². The Morgan fingerprint density at radius 2 is 1.69 bits per heavy atom. The van der Waals surface area contributed by atoms with Gasteiger partial charge in [0.25, 0.3) is 11.8 Å². The van der Waals surface area contributed by atoms with Crippen LogP contribution < -0.4 is 20.3 Å². The van der Waals surface area contributed by atoms with Crippen LogP contribution in [-0.2, 0) is 4.79 Å². The molecule has 8 heteroatoms. The summed E-state index contributed by atoms with van der Waals surface area (Å²) in [5.41, 5.74) is 5.67. The second kappa shape index (κ2) is 8.12. The van der Waals surface area contributed by atoms with Gasteiger partial charge in [0.1, 0.15) is 13.2 Å². The first kappa shape index (κ1) is 18.1. The lowest BCUT2D eigenvalue weighted by molar-refractivity contribution is -0.117. The lowest BCUT2D eigenvalue weighted by Crippen LogP contribution is -2.40. The maximum atomic E-state index is 12.1. The maximum absolute atomic E-state index is 12.1. The van der Waals surface area contributed by atoms with Crippen molar-refractivity contribution in [2.24, 2.45) is 0 Å². The standard InChI is InChI=1S/C18H14Cl2N2O4/c19-13-4-1-11(9-14(13)20)2-6-17(23)21-22-18(24)12-3-5-15-16(10-12)26-8-7-25-15/h1-6,9-10H,7-8H2,(H,21,23)(H,22,24)/b6-2+. The summed E-state index contributed by atoms with van der Waals surface area (Å²) in [4.78, 5) is 23.9. The predicted octanol–water partition coefficient (Wildman–Crippen LogP) is 3.24. The van der Waals surface area contributed by atoms with E-state index in [4.69, 9.17) is 32.7 Å². The third kappa shape index (κ3) is 4.47. The number of hydrogen-bond acceptors (Lipinski definition) is 4. The van der Waals surface area contributed by atoms with Crippen LogP contribution in [0.15, 0.2) is 42.5 Å². The Bertz CT molecular complexity index is 883. The van der Waals surface area contributed by atoms with Crippen molar-refractivity contribution < 1.29 is 19.1 Å². The Balaban J connectivity index is 1.56. The molecule has 2 aromatic carbocycles. The molecule has 134 valence electrons. The van der Waals surface area contributed by atoms with Gasteiger partial charge in [0.15, 0.2) is 11.5 Å². The normalized spacial score (nSPS) is 12.7. The van der Waals surface area contributed by atoms with Crippen LogP contribution in [0.4, 0.5) is 0 Å². The van der Waals surface area contributed by atoms with E-state index in [1.54, 1.807) is 42.5 Å². The molecule has 6 nitrogen and oxygen atoms in total. The first-order valence-corrected chi connectivity index (χ1v) is 8.41. The number of rotatable bonds is 3. The van der Waals surface area contributed by atoms with Crippen molar-refractivity contribution in [3.8, 4) is 11.5 Å². The lowest BCUT2D eigenvalue weighted by atomic mass is 10.2. The van der Waals surface area contributed by atoms with Crippen LogP contribution in [0, 0.1) is 0 Å². The molecule has 0 atom stereocenters. The molecule has 0 saturated heterocycles. The van der Waals surface area contributed by atoms with Crippen molar-refractivity contribution in [2.75, 3.05) is 13.2 Å².